The van der Waals surface area contributed by atoms with Crippen LogP contribution in [0.3, 0.4) is 0 Å². The van der Waals surface area contributed by atoms with Crippen LogP contribution in [-0.4, -0.2) is 52.5 Å². The van der Waals surface area contributed by atoms with Crippen molar-refractivity contribution in [2.24, 2.45) is 0 Å². The molecule has 1 fully saturated rings. The van der Waals surface area contributed by atoms with Gasteiger partial charge in [0.2, 0.25) is 0 Å². The van der Waals surface area contributed by atoms with Gasteiger partial charge in [0.1, 0.15) is 36.5 Å². The lowest BCUT2D eigenvalue weighted by Gasteiger charge is -2.19. The summed E-state index contributed by atoms with van der Waals surface area (Å²) in [6.07, 6.45) is 4.75. The highest BCUT2D eigenvalue weighted by Gasteiger charge is 2.20. The quantitative estimate of drug-likeness (QED) is 0.0867. The van der Waals surface area contributed by atoms with Crippen molar-refractivity contribution in [1.82, 2.24) is 20.4 Å². The Kier molecular flexibility index (Phi) is 13.1. The smallest absolute Gasteiger partial charge is 0.167 e. The third-order valence-corrected chi connectivity index (χ3v) is 10.5. The van der Waals surface area contributed by atoms with Gasteiger partial charge in [0, 0.05) is 73.9 Å². The first-order chi connectivity index (χ1) is 27.8. The van der Waals surface area contributed by atoms with Crippen LogP contribution < -0.4 is 19.5 Å². The Hall–Kier alpha value is -5.70. The lowest BCUT2D eigenvalue weighted by atomic mass is 9.93. The molecule has 1 aliphatic heterocycles. The summed E-state index contributed by atoms with van der Waals surface area (Å²) in [5.41, 5.74) is 9.21. The highest BCUT2D eigenvalue weighted by atomic mass is 35.5. The molecular weight excluding hydrogens is 738 g/mol. The average molecular weight is 784 g/mol. The minimum absolute atomic E-state index is 0.201. The molecule has 0 bridgehead atoms. The number of nitrogens with zero attached hydrogens (tertiary/aromatic N) is 4. The zero-order valence-corrected chi connectivity index (χ0v) is 33.0. The van der Waals surface area contributed by atoms with Crippen LogP contribution in [0.5, 0.6) is 17.2 Å². The van der Waals surface area contributed by atoms with Crippen molar-refractivity contribution in [2.75, 3.05) is 26.2 Å². The van der Waals surface area contributed by atoms with Gasteiger partial charge in [0.25, 0.3) is 0 Å². The molecule has 0 amide bonds. The highest BCUT2D eigenvalue weighted by Crippen LogP contribution is 2.36. The van der Waals surface area contributed by atoms with Crippen LogP contribution in [0.4, 0.5) is 0 Å². The Labute approximate surface area is 338 Å². The van der Waals surface area contributed by atoms with Gasteiger partial charge in [-0.05, 0) is 72.7 Å². The van der Waals surface area contributed by atoms with Crippen molar-refractivity contribution in [3.63, 3.8) is 0 Å². The summed E-state index contributed by atoms with van der Waals surface area (Å²) in [5.74, 6) is 2.65. The Morgan fingerprint density at radius 1 is 0.860 bits per heavy atom. The first-order valence-corrected chi connectivity index (χ1v) is 19.6. The highest BCUT2D eigenvalue weighted by molar-refractivity contribution is 6.32. The van der Waals surface area contributed by atoms with Crippen molar-refractivity contribution in [1.29, 1.82) is 5.26 Å². The molecule has 1 saturated heterocycles. The topological polar surface area (TPSA) is 126 Å². The van der Waals surface area contributed by atoms with Crippen molar-refractivity contribution in [2.45, 2.75) is 59.1 Å². The number of pyridine rings is 1. The standard InChI is InChI=1S/C46H46ClN5O5/c1-31-36(11-6-12-40(31)41-13-7-14-43(32(41)2)54-18-8-16-52-17-15-39(53)28-52)30-56-46-22-44(55-29-34-19-33(23-48)24-49-25-34)37(20-42(46)47)26-50-27-38-21-45(57-51-38)35-9-4-3-5-10-35/h3-7,9-14,19-22,24-25,39,50,53H,8,15-18,26-30H2,1-2H3/t39-/m1/s1. The van der Waals surface area contributed by atoms with E-state index in [-0.39, 0.29) is 12.7 Å². The molecule has 1 atom stereocenters. The number of hydrogen-bond acceptors (Lipinski definition) is 10. The maximum absolute atomic E-state index is 9.82. The van der Waals surface area contributed by atoms with E-state index in [1.165, 1.54) is 6.20 Å². The monoisotopic (exact) mass is 783 g/mol. The molecule has 10 nitrogen and oxygen atoms in total. The number of rotatable bonds is 17. The molecule has 11 heteroatoms. The molecule has 0 unspecified atom stereocenters. The van der Waals surface area contributed by atoms with E-state index < -0.39 is 0 Å². The minimum Gasteiger partial charge on any atom is -0.493 e. The van der Waals surface area contributed by atoms with Crippen molar-refractivity contribution < 1.29 is 23.8 Å². The Morgan fingerprint density at radius 2 is 1.67 bits per heavy atom. The maximum atomic E-state index is 9.82. The van der Waals surface area contributed by atoms with Gasteiger partial charge >= 0.3 is 0 Å². The van der Waals surface area contributed by atoms with Gasteiger partial charge < -0.3 is 34.1 Å². The number of nitriles is 1. The molecule has 4 aromatic carbocycles. The normalized spacial score (nSPS) is 14.1. The van der Waals surface area contributed by atoms with Gasteiger partial charge in [-0.1, -0.05) is 77.4 Å². The van der Waals surface area contributed by atoms with E-state index in [1.54, 1.807) is 12.3 Å². The van der Waals surface area contributed by atoms with E-state index in [4.69, 9.17) is 30.3 Å². The summed E-state index contributed by atoms with van der Waals surface area (Å²) in [7, 11) is 0. The molecule has 6 aromatic rings. The summed E-state index contributed by atoms with van der Waals surface area (Å²) in [6.45, 7) is 8.83. The summed E-state index contributed by atoms with van der Waals surface area (Å²) in [5, 5.41) is 27.3. The zero-order chi connectivity index (χ0) is 39.6. The van der Waals surface area contributed by atoms with Gasteiger partial charge in [-0.2, -0.15) is 5.26 Å². The summed E-state index contributed by atoms with van der Waals surface area (Å²) < 4.78 is 24.6. The van der Waals surface area contributed by atoms with E-state index in [1.807, 2.05) is 66.7 Å². The maximum Gasteiger partial charge on any atom is 0.167 e. The fourth-order valence-corrected chi connectivity index (χ4v) is 7.28. The van der Waals surface area contributed by atoms with Gasteiger partial charge in [-0.3, -0.25) is 4.98 Å². The molecule has 7 rings (SSSR count). The second-order valence-corrected chi connectivity index (χ2v) is 14.7. The van der Waals surface area contributed by atoms with Gasteiger partial charge in [-0.15, -0.1) is 0 Å². The molecule has 0 aliphatic carbocycles. The number of aromatic nitrogens is 2. The van der Waals surface area contributed by atoms with E-state index in [0.29, 0.717) is 54.1 Å². The summed E-state index contributed by atoms with van der Waals surface area (Å²) in [4.78, 5) is 6.47. The molecule has 0 spiro atoms. The average Bonchev–Trinajstić information content (AvgIpc) is 3.89. The van der Waals surface area contributed by atoms with Crippen molar-refractivity contribution >= 4 is 11.6 Å². The number of aliphatic hydroxyl groups excluding tert-OH is 1. The number of halogens is 1. The zero-order valence-electron chi connectivity index (χ0n) is 32.2. The first kappa shape index (κ1) is 39.5. The van der Waals surface area contributed by atoms with Crippen LogP contribution in [0.1, 0.15) is 51.9 Å². The molecule has 0 radical (unpaired) electrons. The summed E-state index contributed by atoms with van der Waals surface area (Å²) >= 11 is 6.88. The minimum atomic E-state index is -0.207. The number of β-amino-alcohol motifs (C(OH)–C–C–N with tert-alkyl or cyclic N) is 1. The number of likely N-dealkylation sites (tertiary alicyclic amines) is 1. The van der Waals surface area contributed by atoms with Crippen LogP contribution in [0.2, 0.25) is 5.02 Å². The Bertz CT molecular complexity index is 2330. The third-order valence-electron chi connectivity index (χ3n) is 10.2. The predicted molar refractivity (Wildman–Crippen MR) is 220 cm³/mol. The number of ether oxygens (including phenoxy) is 3. The van der Waals surface area contributed by atoms with Gasteiger partial charge in [-0.25, -0.2) is 0 Å². The van der Waals surface area contributed by atoms with Crippen molar-refractivity contribution in [3.05, 3.63) is 147 Å². The van der Waals surface area contributed by atoms with Gasteiger partial charge in [0.05, 0.1) is 29.0 Å². The van der Waals surface area contributed by atoms with E-state index >= 15 is 0 Å². The molecule has 2 N–H and O–H groups in total. The van der Waals surface area contributed by atoms with Crippen LogP contribution in [-0.2, 0) is 26.3 Å². The molecule has 2 aromatic heterocycles. The van der Waals surface area contributed by atoms with Crippen LogP contribution >= 0.6 is 11.6 Å². The Balaban J connectivity index is 1.04. The third kappa shape index (κ3) is 10.2. The molecular formula is C46H46ClN5O5. The molecule has 1 aliphatic rings. The predicted octanol–water partition coefficient (Wildman–Crippen LogP) is 8.83. The van der Waals surface area contributed by atoms with Crippen LogP contribution in [0.25, 0.3) is 22.5 Å². The molecule has 0 saturated carbocycles. The Morgan fingerprint density at radius 3 is 2.47 bits per heavy atom. The number of aliphatic hydroxyl groups is 1. The first-order valence-electron chi connectivity index (χ1n) is 19.2. The number of nitrogens with one attached hydrogen (secondary N) is 1. The number of hydrogen-bond donors (Lipinski definition) is 2. The second kappa shape index (κ2) is 19.0. The largest absolute Gasteiger partial charge is 0.493 e. The molecule has 57 heavy (non-hydrogen) atoms. The summed E-state index contributed by atoms with van der Waals surface area (Å²) in [6, 6.07) is 31.8. The lowest BCUT2D eigenvalue weighted by molar-refractivity contribution is 0.173. The van der Waals surface area contributed by atoms with E-state index in [2.05, 4.69) is 58.5 Å². The van der Waals surface area contributed by atoms with Crippen LogP contribution in [0, 0.1) is 25.2 Å². The lowest BCUT2D eigenvalue weighted by Crippen LogP contribution is -2.24. The van der Waals surface area contributed by atoms with E-state index in [0.717, 1.165) is 88.4 Å². The van der Waals surface area contributed by atoms with Gasteiger partial charge in [0.15, 0.2) is 5.76 Å². The van der Waals surface area contributed by atoms with Crippen LogP contribution in [0.15, 0.2) is 108 Å². The fraction of sp³-hybridized carbons (Fsp3) is 0.283. The number of benzene rings is 4. The van der Waals surface area contributed by atoms with E-state index in [9.17, 15) is 10.4 Å². The SMILES string of the molecule is Cc1c(COc2cc(OCc3cncc(C#N)c3)c(CNCc3cc(-c4ccccc4)on3)cc2Cl)cccc1-c1cccc(OCCCN2CC[C@@H](O)C2)c1C. The second-order valence-electron chi connectivity index (χ2n) is 14.3. The fourth-order valence-electron chi connectivity index (χ4n) is 7.04. The van der Waals surface area contributed by atoms with Crippen molar-refractivity contribution in [3.8, 4) is 45.8 Å². The molecule has 292 valence electrons. The molecule has 3 heterocycles.